The van der Waals surface area contributed by atoms with Crippen molar-refractivity contribution >= 4 is 11.6 Å². The summed E-state index contributed by atoms with van der Waals surface area (Å²) in [6, 6.07) is 17.4. The van der Waals surface area contributed by atoms with Crippen molar-refractivity contribution in [3.63, 3.8) is 0 Å². The van der Waals surface area contributed by atoms with Gasteiger partial charge < -0.3 is 10.6 Å². The topological polar surface area (TPSA) is 64.9 Å². The number of hydrogen-bond donors (Lipinski definition) is 2. The summed E-state index contributed by atoms with van der Waals surface area (Å²) < 4.78 is 0. The quantitative estimate of drug-likeness (QED) is 0.646. The number of aryl methyl sites for hydroxylation is 2. The highest BCUT2D eigenvalue weighted by atomic mass is 16.1. The average Bonchev–Trinajstić information content (AvgIpc) is 2.59. The molecular weight excluding hydrogens is 298 g/mol. The number of hydrogen-bond acceptors (Lipinski definition) is 3. The molecule has 0 aliphatic heterocycles. The molecule has 1 unspecified atom stereocenters. The third-order valence-corrected chi connectivity index (χ3v) is 3.78. The minimum atomic E-state index is -0.397. The van der Waals surface area contributed by atoms with Crippen molar-refractivity contribution in [2.24, 2.45) is 0 Å². The lowest BCUT2D eigenvalue weighted by Gasteiger charge is -2.14. The van der Waals surface area contributed by atoms with Crippen molar-refractivity contribution in [1.29, 1.82) is 5.26 Å². The summed E-state index contributed by atoms with van der Waals surface area (Å²) in [7, 11) is 0. The summed E-state index contributed by atoms with van der Waals surface area (Å²) in [6.07, 6.45) is 1.45. The molecule has 0 aliphatic carbocycles. The van der Waals surface area contributed by atoms with E-state index in [4.69, 9.17) is 0 Å². The zero-order valence-electron chi connectivity index (χ0n) is 14.1. The Morgan fingerprint density at radius 3 is 2.54 bits per heavy atom. The number of carbonyl (C=O) groups excluding carboxylic acids is 1. The molecule has 0 saturated carbocycles. The second-order valence-corrected chi connectivity index (χ2v) is 5.74. The molecule has 0 aliphatic rings. The van der Waals surface area contributed by atoms with Crippen LogP contribution in [0.4, 0.5) is 5.69 Å². The van der Waals surface area contributed by atoms with E-state index >= 15 is 0 Å². The Labute approximate surface area is 142 Å². The Kier molecular flexibility index (Phi) is 5.75. The van der Waals surface area contributed by atoms with Gasteiger partial charge in [-0.2, -0.15) is 5.26 Å². The lowest BCUT2D eigenvalue weighted by atomic mass is 10.1. The van der Waals surface area contributed by atoms with Crippen LogP contribution in [0, 0.1) is 25.2 Å². The minimum Gasteiger partial charge on any atom is -0.360 e. The fourth-order valence-electron chi connectivity index (χ4n) is 2.29. The van der Waals surface area contributed by atoms with Crippen molar-refractivity contribution in [3.05, 3.63) is 77.0 Å². The van der Waals surface area contributed by atoms with Crippen molar-refractivity contribution in [1.82, 2.24) is 5.32 Å². The van der Waals surface area contributed by atoms with Crippen LogP contribution in [-0.2, 0) is 4.79 Å². The van der Waals surface area contributed by atoms with Crippen LogP contribution >= 0.6 is 0 Å². The van der Waals surface area contributed by atoms with Crippen LogP contribution in [0.5, 0.6) is 0 Å². The van der Waals surface area contributed by atoms with Crippen molar-refractivity contribution < 1.29 is 4.79 Å². The first-order valence-electron chi connectivity index (χ1n) is 7.81. The predicted octanol–water partition coefficient (Wildman–Crippen LogP) is 4.00. The van der Waals surface area contributed by atoms with Crippen LogP contribution in [0.1, 0.15) is 29.7 Å². The summed E-state index contributed by atoms with van der Waals surface area (Å²) in [5, 5.41) is 15.2. The van der Waals surface area contributed by atoms with Crippen LogP contribution in [0.25, 0.3) is 0 Å². The summed E-state index contributed by atoms with van der Waals surface area (Å²) in [5.74, 6) is -0.397. The maximum absolute atomic E-state index is 12.3. The lowest BCUT2D eigenvalue weighted by molar-refractivity contribution is -0.117. The molecule has 0 fully saturated rings. The van der Waals surface area contributed by atoms with Gasteiger partial charge in [-0.15, -0.1) is 0 Å². The minimum absolute atomic E-state index is 0.0405. The molecule has 2 N–H and O–H groups in total. The number of nitrogens with zero attached hydrogens (tertiary/aromatic N) is 1. The van der Waals surface area contributed by atoms with Crippen LogP contribution in [0.3, 0.4) is 0 Å². The van der Waals surface area contributed by atoms with Gasteiger partial charge in [-0.05, 0) is 43.5 Å². The number of anilines is 1. The summed E-state index contributed by atoms with van der Waals surface area (Å²) in [5.41, 5.74) is 4.07. The molecule has 2 aromatic rings. The number of amides is 1. The van der Waals surface area contributed by atoms with Gasteiger partial charge in [0.05, 0.1) is 6.04 Å². The SMILES string of the molecule is Cc1ccc(C)c(N/C=C(/C#N)C(=O)NC(C)c2ccccc2)c1. The van der Waals surface area contributed by atoms with Gasteiger partial charge in [-0.3, -0.25) is 4.79 Å². The van der Waals surface area contributed by atoms with Crippen molar-refractivity contribution in [2.45, 2.75) is 26.8 Å². The average molecular weight is 319 g/mol. The standard InChI is InChI=1S/C20H21N3O/c1-14-9-10-15(2)19(11-14)22-13-18(12-21)20(24)23-16(3)17-7-5-4-6-8-17/h4-11,13,16,22H,1-3H3,(H,23,24)/b18-13-. The van der Waals surface area contributed by atoms with E-state index in [2.05, 4.69) is 10.6 Å². The maximum atomic E-state index is 12.3. The molecule has 4 nitrogen and oxygen atoms in total. The number of nitriles is 1. The Bertz CT molecular complexity index is 788. The number of carbonyl (C=O) groups is 1. The zero-order chi connectivity index (χ0) is 17.5. The molecule has 0 aromatic heterocycles. The molecule has 2 aromatic carbocycles. The van der Waals surface area contributed by atoms with E-state index in [1.807, 2.05) is 75.4 Å². The van der Waals surface area contributed by atoms with Gasteiger partial charge in [0.2, 0.25) is 0 Å². The van der Waals surface area contributed by atoms with Crippen LogP contribution < -0.4 is 10.6 Å². The largest absolute Gasteiger partial charge is 0.360 e. The Hall–Kier alpha value is -3.06. The zero-order valence-corrected chi connectivity index (χ0v) is 14.1. The first kappa shape index (κ1) is 17.3. The maximum Gasteiger partial charge on any atom is 0.263 e. The van der Waals surface area contributed by atoms with E-state index in [1.165, 1.54) is 6.20 Å². The third-order valence-electron chi connectivity index (χ3n) is 3.78. The van der Waals surface area contributed by atoms with E-state index in [9.17, 15) is 10.1 Å². The number of rotatable bonds is 5. The molecule has 0 radical (unpaired) electrons. The second kappa shape index (κ2) is 7.98. The van der Waals surface area contributed by atoms with Crippen molar-refractivity contribution in [2.75, 3.05) is 5.32 Å². The molecule has 0 saturated heterocycles. The Morgan fingerprint density at radius 1 is 1.17 bits per heavy atom. The molecule has 0 spiro atoms. The molecular formula is C20H21N3O. The van der Waals surface area contributed by atoms with Gasteiger partial charge in [0.15, 0.2) is 0 Å². The van der Waals surface area contributed by atoms with Gasteiger partial charge in [0.1, 0.15) is 11.6 Å². The van der Waals surface area contributed by atoms with Crippen LogP contribution in [0.15, 0.2) is 60.3 Å². The Balaban J connectivity index is 2.08. The van der Waals surface area contributed by atoms with Crippen LogP contribution in [-0.4, -0.2) is 5.91 Å². The molecule has 1 amide bonds. The molecule has 2 rings (SSSR count). The van der Waals surface area contributed by atoms with E-state index in [-0.39, 0.29) is 11.6 Å². The molecule has 0 bridgehead atoms. The molecule has 4 heteroatoms. The first-order chi connectivity index (χ1) is 11.5. The number of benzene rings is 2. The molecule has 24 heavy (non-hydrogen) atoms. The fourth-order valence-corrected chi connectivity index (χ4v) is 2.29. The molecule has 122 valence electrons. The number of nitrogens with one attached hydrogen (secondary N) is 2. The van der Waals surface area contributed by atoms with E-state index in [0.29, 0.717) is 0 Å². The predicted molar refractivity (Wildman–Crippen MR) is 96.2 cm³/mol. The summed E-state index contributed by atoms with van der Waals surface area (Å²) in [6.45, 7) is 5.85. The lowest BCUT2D eigenvalue weighted by Crippen LogP contribution is -2.28. The van der Waals surface area contributed by atoms with E-state index < -0.39 is 5.91 Å². The molecule has 1 atom stereocenters. The first-order valence-corrected chi connectivity index (χ1v) is 7.81. The highest BCUT2D eigenvalue weighted by Crippen LogP contribution is 2.17. The highest BCUT2D eigenvalue weighted by molar-refractivity contribution is 5.97. The van der Waals surface area contributed by atoms with E-state index in [1.54, 1.807) is 0 Å². The van der Waals surface area contributed by atoms with Gasteiger partial charge in [0, 0.05) is 11.9 Å². The summed E-state index contributed by atoms with van der Waals surface area (Å²) in [4.78, 5) is 12.3. The summed E-state index contributed by atoms with van der Waals surface area (Å²) >= 11 is 0. The Morgan fingerprint density at radius 2 is 1.88 bits per heavy atom. The normalized spacial score (nSPS) is 12.2. The van der Waals surface area contributed by atoms with Crippen molar-refractivity contribution in [3.8, 4) is 6.07 Å². The smallest absolute Gasteiger partial charge is 0.263 e. The van der Waals surface area contributed by atoms with E-state index in [0.717, 1.165) is 22.4 Å². The second-order valence-electron chi connectivity index (χ2n) is 5.74. The fraction of sp³-hybridized carbons (Fsp3) is 0.200. The highest BCUT2D eigenvalue weighted by Gasteiger charge is 2.13. The van der Waals surface area contributed by atoms with Gasteiger partial charge in [-0.25, -0.2) is 0 Å². The van der Waals surface area contributed by atoms with Gasteiger partial charge in [0.25, 0.3) is 5.91 Å². The van der Waals surface area contributed by atoms with Gasteiger partial charge in [-0.1, -0.05) is 42.5 Å². The monoisotopic (exact) mass is 319 g/mol. The molecule has 0 heterocycles. The third kappa shape index (κ3) is 4.47. The van der Waals surface area contributed by atoms with Gasteiger partial charge >= 0.3 is 0 Å². The van der Waals surface area contributed by atoms with Crippen LogP contribution in [0.2, 0.25) is 0 Å².